The van der Waals surface area contributed by atoms with E-state index in [9.17, 15) is 4.79 Å². The summed E-state index contributed by atoms with van der Waals surface area (Å²) in [7, 11) is 0. The minimum Gasteiger partial charge on any atom is -0.444 e. The van der Waals surface area contributed by atoms with Crippen LogP contribution in [0.3, 0.4) is 0 Å². The Morgan fingerprint density at radius 3 is 2.25 bits per heavy atom. The fraction of sp³-hybridized carbons (Fsp3) is 0.529. The summed E-state index contributed by atoms with van der Waals surface area (Å²) in [6.45, 7) is 8.55. The Hall–Kier alpha value is -1.95. The zero-order valence-corrected chi connectivity index (χ0v) is 15.2. The lowest BCUT2D eigenvalue weighted by atomic mass is 10.2. The Balaban J connectivity index is 1.83. The van der Waals surface area contributed by atoms with Crippen LogP contribution in [0.25, 0.3) is 0 Å². The molecule has 0 spiro atoms. The summed E-state index contributed by atoms with van der Waals surface area (Å²) in [6, 6.07) is 7.53. The van der Waals surface area contributed by atoms with E-state index in [1.54, 1.807) is 4.90 Å². The zero-order valence-electron chi connectivity index (χ0n) is 14.5. The highest BCUT2D eigenvalue weighted by Crippen LogP contribution is 2.13. The van der Waals surface area contributed by atoms with Gasteiger partial charge in [0.25, 0.3) is 0 Å². The summed E-state index contributed by atoms with van der Waals surface area (Å²) in [6.07, 6.45) is -0.279. The molecule has 0 radical (unpaired) electrons. The molecular formula is C17H25ClN4O2. The largest absolute Gasteiger partial charge is 0.444 e. The molecule has 24 heavy (non-hydrogen) atoms. The fourth-order valence-corrected chi connectivity index (χ4v) is 2.43. The molecule has 132 valence electrons. The molecule has 1 fully saturated rings. The molecule has 0 aliphatic carbocycles. The van der Waals surface area contributed by atoms with Crippen molar-refractivity contribution in [2.75, 3.05) is 26.2 Å². The third-order valence-corrected chi connectivity index (χ3v) is 3.84. The van der Waals surface area contributed by atoms with Crippen molar-refractivity contribution < 1.29 is 9.53 Å². The van der Waals surface area contributed by atoms with Gasteiger partial charge >= 0.3 is 6.09 Å². The van der Waals surface area contributed by atoms with Gasteiger partial charge < -0.3 is 20.3 Å². The van der Waals surface area contributed by atoms with Crippen molar-refractivity contribution in [1.82, 2.24) is 9.80 Å². The number of hydrogen-bond acceptors (Lipinski definition) is 3. The molecule has 1 aliphatic heterocycles. The van der Waals surface area contributed by atoms with Crippen molar-refractivity contribution in [3.05, 3.63) is 34.9 Å². The first kappa shape index (κ1) is 18.4. The first-order valence-corrected chi connectivity index (χ1v) is 8.39. The van der Waals surface area contributed by atoms with E-state index < -0.39 is 5.60 Å². The van der Waals surface area contributed by atoms with E-state index >= 15 is 0 Å². The zero-order chi connectivity index (χ0) is 17.7. The van der Waals surface area contributed by atoms with Gasteiger partial charge in [0.05, 0.1) is 6.54 Å². The highest BCUT2D eigenvalue weighted by molar-refractivity contribution is 6.30. The second-order valence-corrected chi connectivity index (χ2v) is 7.19. The van der Waals surface area contributed by atoms with Crippen molar-refractivity contribution in [3.63, 3.8) is 0 Å². The van der Waals surface area contributed by atoms with Crippen LogP contribution in [0.15, 0.2) is 29.3 Å². The predicted molar refractivity (Wildman–Crippen MR) is 96.2 cm³/mol. The van der Waals surface area contributed by atoms with Crippen molar-refractivity contribution in [2.24, 2.45) is 10.7 Å². The monoisotopic (exact) mass is 352 g/mol. The summed E-state index contributed by atoms with van der Waals surface area (Å²) < 4.78 is 5.38. The first-order valence-electron chi connectivity index (χ1n) is 8.02. The molecular weight excluding hydrogens is 328 g/mol. The number of guanidine groups is 1. The number of piperazine rings is 1. The lowest BCUT2D eigenvalue weighted by Gasteiger charge is -2.36. The van der Waals surface area contributed by atoms with Crippen molar-refractivity contribution in [2.45, 2.75) is 32.9 Å². The molecule has 2 rings (SSSR count). The third kappa shape index (κ3) is 5.60. The number of benzene rings is 1. The second-order valence-electron chi connectivity index (χ2n) is 6.76. The minimum absolute atomic E-state index is 0.279. The second kappa shape index (κ2) is 7.75. The van der Waals surface area contributed by atoms with Crippen LogP contribution in [0.1, 0.15) is 26.3 Å². The van der Waals surface area contributed by atoms with Crippen molar-refractivity contribution in [1.29, 1.82) is 0 Å². The Labute approximate surface area is 148 Å². The maximum Gasteiger partial charge on any atom is 0.410 e. The van der Waals surface area contributed by atoms with E-state index in [1.165, 1.54) is 0 Å². The van der Waals surface area contributed by atoms with Crippen LogP contribution in [0.5, 0.6) is 0 Å². The van der Waals surface area contributed by atoms with Crippen molar-refractivity contribution in [3.8, 4) is 0 Å². The average molecular weight is 353 g/mol. The number of carbonyl (C=O) groups excluding carboxylic acids is 1. The fourth-order valence-electron chi connectivity index (χ4n) is 2.31. The number of amides is 1. The predicted octanol–water partition coefficient (Wildman–Crippen LogP) is 2.71. The molecule has 7 heteroatoms. The van der Waals surface area contributed by atoms with Gasteiger partial charge in [-0.3, -0.25) is 0 Å². The normalized spacial score (nSPS) is 16.2. The molecule has 6 nitrogen and oxygen atoms in total. The molecule has 1 aromatic carbocycles. The molecule has 0 saturated carbocycles. The maximum absolute atomic E-state index is 12.0. The van der Waals surface area contributed by atoms with Crippen molar-refractivity contribution >= 4 is 23.7 Å². The quantitative estimate of drug-likeness (QED) is 0.656. The Kier molecular flexibility index (Phi) is 5.94. The highest BCUT2D eigenvalue weighted by Gasteiger charge is 2.26. The van der Waals surface area contributed by atoms with Gasteiger partial charge in [0.15, 0.2) is 5.96 Å². The molecule has 0 unspecified atom stereocenters. The van der Waals surface area contributed by atoms with E-state index in [2.05, 4.69) is 4.99 Å². The van der Waals surface area contributed by atoms with E-state index in [0.29, 0.717) is 43.7 Å². The first-order chi connectivity index (χ1) is 11.2. The number of aliphatic imine (C=N–C) groups is 1. The lowest BCUT2D eigenvalue weighted by Crippen LogP contribution is -2.53. The average Bonchev–Trinajstić information content (AvgIpc) is 2.52. The molecule has 1 aromatic rings. The molecule has 0 atom stereocenters. The number of hydrogen-bond donors (Lipinski definition) is 1. The summed E-state index contributed by atoms with van der Waals surface area (Å²) in [5, 5.41) is 0.703. The number of nitrogens with two attached hydrogens (primary N) is 1. The van der Waals surface area contributed by atoms with Crippen LogP contribution < -0.4 is 5.73 Å². The maximum atomic E-state index is 12.0. The van der Waals surface area contributed by atoms with E-state index in [1.807, 2.05) is 49.9 Å². The van der Waals surface area contributed by atoms with Crippen LogP contribution in [0, 0.1) is 0 Å². The van der Waals surface area contributed by atoms with Gasteiger partial charge in [-0.15, -0.1) is 0 Å². The summed E-state index contributed by atoms with van der Waals surface area (Å²) in [5.74, 6) is 0.494. The van der Waals surface area contributed by atoms with Crippen LogP contribution >= 0.6 is 11.6 Å². The summed E-state index contributed by atoms with van der Waals surface area (Å²) in [5.41, 5.74) is 6.64. The highest BCUT2D eigenvalue weighted by atomic mass is 35.5. The van der Waals surface area contributed by atoms with Gasteiger partial charge in [-0.25, -0.2) is 9.79 Å². The van der Waals surface area contributed by atoms with Gasteiger partial charge in [-0.2, -0.15) is 0 Å². The molecule has 1 aliphatic rings. The Morgan fingerprint density at radius 2 is 1.71 bits per heavy atom. The SMILES string of the molecule is CC(C)(C)OC(=O)N1CCN(C(N)=NCc2ccc(Cl)cc2)CC1. The Bertz CT molecular complexity index is 588. The minimum atomic E-state index is -0.479. The van der Waals surface area contributed by atoms with Gasteiger partial charge in [-0.05, 0) is 38.5 Å². The molecule has 1 saturated heterocycles. The number of halogens is 1. The van der Waals surface area contributed by atoms with Crippen LogP contribution in [-0.4, -0.2) is 53.6 Å². The standard InChI is InChI=1S/C17H25ClN4O2/c1-17(2,3)24-16(23)22-10-8-21(9-11-22)15(19)20-12-13-4-6-14(18)7-5-13/h4-7H,8-12H2,1-3H3,(H2,19,20). The summed E-state index contributed by atoms with van der Waals surface area (Å²) >= 11 is 5.86. The van der Waals surface area contributed by atoms with E-state index in [4.69, 9.17) is 22.1 Å². The van der Waals surface area contributed by atoms with Crippen LogP contribution in [0.4, 0.5) is 4.79 Å². The molecule has 1 amide bonds. The topological polar surface area (TPSA) is 71.2 Å². The number of ether oxygens (including phenoxy) is 1. The van der Waals surface area contributed by atoms with Crippen LogP contribution in [-0.2, 0) is 11.3 Å². The molecule has 0 bridgehead atoms. The van der Waals surface area contributed by atoms with Crippen LogP contribution in [0.2, 0.25) is 5.02 Å². The van der Waals surface area contributed by atoms with Gasteiger partial charge in [0, 0.05) is 31.2 Å². The van der Waals surface area contributed by atoms with Gasteiger partial charge in [0.1, 0.15) is 5.60 Å². The smallest absolute Gasteiger partial charge is 0.410 e. The molecule has 1 heterocycles. The number of carbonyl (C=O) groups is 1. The number of nitrogens with zero attached hydrogens (tertiary/aromatic N) is 3. The summed E-state index contributed by atoms with van der Waals surface area (Å²) in [4.78, 5) is 20.1. The van der Waals surface area contributed by atoms with E-state index in [0.717, 1.165) is 5.56 Å². The molecule has 0 aromatic heterocycles. The molecule has 2 N–H and O–H groups in total. The van der Waals surface area contributed by atoms with Gasteiger partial charge in [-0.1, -0.05) is 23.7 Å². The van der Waals surface area contributed by atoms with Gasteiger partial charge in [0.2, 0.25) is 0 Å². The number of rotatable bonds is 2. The lowest BCUT2D eigenvalue weighted by molar-refractivity contribution is 0.0186. The Morgan fingerprint density at radius 1 is 1.17 bits per heavy atom. The third-order valence-electron chi connectivity index (χ3n) is 3.59. The van der Waals surface area contributed by atoms with E-state index in [-0.39, 0.29) is 6.09 Å².